The van der Waals surface area contributed by atoms with Crippen LogP contribution in [-0.2, 0) is 10.3 Å². The minimum Gasteiger partial charge on any atom is -0.347 e. The number of hydrogen-bond donors (Lipinski definition) is 2. The molecule has 1 aromatic carbocycles. The second-order valence-electron chi connectivity index (χ2n) is 6.09. The molecule has 2 heterocycles. The predicted molar refractivity (Wildman–Crippen MR) is 103 cm³/mol. The van der Waals surface area contributed by atoms with Gasteiger partial charge in [0, 0.05) is 22.4 Å². The van der Waals surface area contributed by atoms with Crippen molar-refractivity contribution in [3.63, 3.8) is 0 Å². The molecule has 1 unspecified atom stereocenters. The Morgan fingerprint density at radius 3 is 2.72 bits per heavy atom. The van der Waals surface area contributed by atoms with E-state index in [0.29, 0.717) is 22.9 Å². The van der Waals surface area contributed by atoms with Gasteiger partial charge < -0.3 is 10.6 Å². The molecule has 1 amide bonds. The van der Waals surface area contributed by atoms with Gasteiger partial charge in [0.05, 0.1) is 6.04 Å². The summed E-state index contributed by atoms with van der Waals surface area (Å²) in [4.78, 5) is 13.1. The molecule has 25 heavy (non-hydrogen) atoms. The van der Waals surface area contributed by atoms with Crippen molar-refractivity contribution in [2.45, 2.75) is 31.3 Å². The fourth-order valence-corrected chi connectivity index (χ4v) is 3.64. The average molecular weight is 404 g/mol. The molecular formula is C17H21Cl3N4O. The zero-order valence-electron chi connectivity index (χ0n) is 13.8. The number of halogens is 3. The van der Waals surface area contributed by atoms with Crippen molar-refractivity contribution in [1.82, 2.24) is 20.4 Å². The number of amides is 1. The normalized spacial score (nSPS) is 17.4. The van der Waals surface area contributed by atoms with Gasteiger partial charge in [0.15, 0.2) is 0 Å². The summed E-state index contributed by atoms with van der Waals surface area (Å²) in [6.45, 7) is 3.46. The molecule has 2 N–H and O–H groups in total. The maximum absolute atomic E-state index is 13.1. The van der Waals surface area contributed by atoms with Gasteiger partial charge in [-0.1, -0.05) is 23.2 Å². The van der Waals surface area contributed by atoms with Gasteiger partial charge in [0.2, 0.25) is 5.91 Å². The summed E-state index contributed by atoms with van der Waals surface area (Å²) in [5, 5.41) is 11.9. The van der Waals surface area contributed by atoms with E-state index in [4.69, 9.17) is 23.2 Å². The molecule has 5 nitrogen and oxygen atoms in total. The number of hydrogen-bond acceptors (Lipinski definition) is 3. The van der Waals surface area contributed by atoms with Crippen LogP contribution in [0.2, 0.25) is 10.0 Å². The molecule has 136 valence electrons. The van der Waals surface area contributed by atoms with E-state index in [1.807, 2.05) is 19.2 Å². The SMILES string of the molecule is CC(NC(=O)C1(n2cccn2)CCNCC1)c1cc(Cl)ccc1Cl.Cl. The molecule has 0 spiro atoms. The first-order valence-corrected chi connectivity index (χ1v) is 8.75. The van der Waals surface area contributed by atoms with Crippen LogP contribution in [0.1, 0.15) is 31.4 Å². The first kappa shape index (κ1) is 20.0. The molecule has 1 aliphatic heterocycles. The third kappa shape index (κ3) is 4.11. The Balaban J connectivity index is 0.00000225. The number of carbonyl (C=O) groups is 1. The van der Waals surface area contributed by atoms with Gasteiger partial charge in [-0.3, -0.25) is 9.48 Å². The highest BCUT2D eigenvalue weighted by Gasteiger charge is 2.42. The number of benzene rings is 1. The van der Waals surface area contributed by atoms with Crippen molar-refractivity contribution in [3.8, 4) is 0 Å². The average Bonchev–Trinajstić information content (AvgIpc) is 3.12. The van der Waals surface area contributed by atoms with Crippen molar-refractivity contribution >= 4 is 41.5 Å². The first-order chi connectivity index (χ1) is 11.5. The topological polar surface area (TPSA) is 59.0 Å². The lowest BCUT2D eigenvalue weighted by molar-refractivity contribution is -0.132. The second-order valence-corrected chi connectivity index (χ2v) is 6.94. The molecule has 1 saturated heterocycles. The van der Waals surface area contributed by atoms with Crippen LogP contribution in [0.3, 0.4) is 0 Å². The van der Waals surface area contributed by atoms with Crippen molar-refractivity contribution in [2.75, 3.05) is 13.1 Å². The van der Waals surface area contributed by atoms with E-state index >= 15 is 0 Å². The molecule has 8 heteroatoms. The van der Waals surface area contributed by atoms with Crippen molar-refractivity contribution in [3.05, 3.63) is 52.3 Å². The molecule has 0 saturated carbocycles. The summed E-state index contributed by atoms with van der Waals surface area (Å²) >= 11 is 12.3. The minimum absolute atomic E-state index is 0. The highest BCUT2D eigenvalue weighted by molar-refractivity contribution is 6.33. The van der Waals surface area contributed by atoms with Crippen molar-refractivity contribution < 1.29 is 4.79 Å². The summed E-state index contributed by atoms with van der Waals surface area (Å²) in [5.41, 5.74) is 0.135. The summed E-state index contributed by atoms with van der Waals surface area (Å²) in [6, 6.07) is 6.87. The maximum atomic E-state index is 13.1. The number of carbonyl (C=O) groups excluding carboxylic acids is 1. The quantitative estimate of drug-likeness (QED) is 0.820. The Bertz CT molecular complexity index is 715. The van der Waals surface area contributed by atoms with Crippen LogP contribution >= 0.6 is 35.6 Å². The van der Waals surface area contributed by atoms with E-state index in [9.17, 15) is 4.79 Å². The van der Waals surface area contributed by atoms with Crippen molar-refractivity contribution in [1.29, 1.82) is 0 Å². The second kappa shape index (κ2) is 8.41. The highest BCUT2D eigenvalue weighted by atomic mass is 35.5. The zero-order chi connectivity index (χ0) is 17.2. The van der Waals surface area contributed by atoms with Gasteiger partial charge in [0.1, 0.15) is 5.54 Å². The molecule has 0 radical (unpaired) electrons. The lowest BCUT2D eigenvalue weighted by Crippen LogP contribution is -2.55. The molecule has 0 aliphatic carbocycles. The Hall–Kier alpha value is -1.27. The van der Waals surface area contributed by atoms with E-state index in [0.717, 1.165) is 18.7 Å². The van der Waals surface area contributed by atoms with Crippen molar-refractivity contribution in [2.24, 2.45) is 0 Å². The van der Waals surface area contributed by atoms with E-state index in [1.165, 1.54) is 0 Å². The predicted octanol–water partition coefficient (Wildman–Crippen LogP) is 3.57. The van der Waals surface area contributed by atoms with Gasteiger partial charge >= 0.3 is 0 Å². The summed E-state index contributed by atoms with van der Waals surface area (Å²) in [5.74, 6) is -0.0451. The molecule has 1 fully saturated rings. The zero-order valence-corrected chi connectivity index (χ0v) is 16.2. The number of piperidine rings is 1. The minimum atomic E-state index is -0.673. The smallest absolute Gasteiger partial charge is 0.248 e. The van der Waals surface area contributed by atoms with E-state index in [1.54, 1.807) is 29.1 Å². The van der Waals surface area contributed by atoms with Crippen LogP contribution in [0, 0.1) is 0 Å². The Morgan fingerprint density at radius 2 is 2.08 bits per heavy atom. The molecule has 3 rings (SSSR count). The summed E-state index contributed by atoms with van der Waals surface area (Å²) in [7, 11) is 0. The third-order valence-corrected chi connectivity index (χ3v) is 5.15. The largest absolute Gasteiger partial charge is 0.347 e. The monoisotopic (exact) mass is 402 g/mol. The van der Waals surface area contributed by atoms with Gasteiger partial charge in [0.25, 0.3) is 0 Å². The molecule has 1 aromatic heterocycles. The lowest BCUT2D eigenvalue weighted by atomic mass is 9.87. The van der Waals surface area contributed by atoms with E-state index < -0.39 is 5.54 Å². The number of nitrogens with zero attached hydrogens (tertiary/aromatic N) is 2. The summed E-state index contributed by atoms with van der Waals surface area (Å²) in [6.07, 6.45) is 4.93. The number of nitrogens with one attached hydrogen (secondary N) is 2. The van der Waals surface area contributed by atoms with E-state index in [-0.39, 0.29) is 24.4 Å². The van der Waals surface area contributed by atoms with Crippen LogP contribution in [0.15, 0.2) is 36.7 Å². The Morgan fingerprint density at radius 1 is 1.36 bits per heavy atom. The Kier molecular flexibility index (Phi) is 6.74. The summed E-state index contributed by atoms with van der Waals surface area (Å²) < 4.78 is 1.77. The molecule has 2 aromatic rings. The van der Waals surface area contributed by atoms with Crippen LogP contribution in [0.5, 0.6) is 0 Å². The fraction of sp³-hybridized carbons (Fsp3) is 0.412. The van der Waals surface area contributed by atoms with Crippen LogP contribution in [-0.4, -0.2) is 28.8 Å². The van der Waals surface area contributed by atoms with Gasteiger partial charge in [-0.2, -0.15) is 5.10 Å². The number of rotatable bonds is 4. The molecule has 1 atom stereocenters. The first-order valence-electron chi connectivity index (χ1n) is 8.00. The van der Waals surface area contributed by atoms with Crippen LogP contribution in [0.25, 0.3) is 0 Å². The van der Waals surface area contributed by atoms with Crippen LogP contribution in [0.4, 0.5) is 0 Å². The Labute approximate surface area is 163 Å². The van der Waals surface area contributed by atoms with E-state index in [2.05, 4.69) is 15.7 Å². The highest BCUT2D eigenvalue weighted by Crippen LogP contribution is 2.30. The van der Waals surface area contributed by atoms with Gasteiger partial charge in [-0.15, -0.1) is 12.4 Å². The molecule has 0 bridgehead atoms. The number of aromatic nitrogens is 2. The molecule has 1 aliphatic rings. The van der Waals surface area contributed by atoms with Gasteiger partial charge in [-0.05, 0) is 62.7 Å². The maximum Gasteiger partial charge on any atom is 0.248 e. The van der Waals surface area contributed by atoms with Crippen LogP contribution < -0.4 is 10.6 Å². The third-order valence-electron chi connectivity index (χ3n) is 4.57. The lowest BCUT2D eigenvalue weighted by Gasteiger charge is -2.37. The fourth-order valence-electron chi connectivity index (χ4n) is 3.18. The standard InChI is InChI=1S/C17H20Cl2N4O.ClH/c1-12(14-11-13(18)3-4-15(14)19)22-16(24)17(5-8-20-9-6-17)23-10-2-7-21-23;/h2-4,7,10-12,20H,5-6,8-9H2,1H3,(H,22,24);1H. The van der Waals surface area contributed by atoms with Gasteiger partial charge in [-0.25, -0.2) is 0 Å². The molecular weight excluding hydrogens is 383 g/mol.